The number of nitrogens with one attached hydrogen (secondary N) is 1. The fourth-order valence-corrected chi connectivity index (χ4v) is 4.29. The molecule has 29 heavy (non-hydrogen) atoms. The minimum absolute atomic E-state index is 0.210. The summed E-state index contributed by atoms with van der Waals surface area (Å²) in [5.41, 5.74) is 4.57. The Balaban J connectivity index is 1.70. The van der Waals surface area contributed by atoms with Gasteiger partial charge in [-0.15, -0.1) is 0 Å². The monoisotopic (exact) mass is 383 g/mol. The Labute approximate surface area is 169 Å². The number of anilines is 1. The zero-order valence-electron chi connectivity index (χ0n) is 16.4. The molecule has 1 N–H and O–H groups in total. The summed E-state index contributed by atoms with van der Waals surface area (Å²) in [4.78, 5) is 7.02. The first-order valence-corrected chi connectivity index (χ1v) is 9.89. The number of rotatable bonds is 3. The van der Waals surface area contributed by atoms with Gasteiger partial charge in [-0.25, -0.2) is 4.98 Å². The largest absolute Gasteiger partial charge is 0.483 e. The van der Waals surface area contributed by atoms with Gasteiger partial charge in [0.25, 0.3) is 0 Å². The van der Waals surface area contributed by atoms with Crippen molar-refractivity contribution in [1.82, 2.24) is 9.55 Å². The second-order valence-electron chi connectivity index (χ2n) is 7.28. The van der Waals surface area contributed by atoms with Gasteiger partial charge in [0, 0.05) is 36.0 Å². The molecule has 6 heteroatoms. The Bertz CT molecular complexity index is 1210. The molecule has 1 aromatic heterocycles. The highest BCUT2D eigenvalue weighted by Gasteiger charge is 2.42. The minimum Gasteiger partial charge on any atom is -0.483 e. The molecular formula is C23H21N5O. The summed E-state index contributed by atoms with van der Waals surface area (Å²) in [5.74, 6) is 0.949. The smallest absolute Gasteiger partial charge is 0.150 e. The van der Waals surface area contributed by atoms with E-state index >= 15 is 0 Å². The Morgan fingerprint density at radius 1 is 1.21 bits per heavy atom. The van der Waals surface area contributed by atoms with Crippen LogP contribution >= 0.6 is 0 Å². The molecule has 2 aliphatic heterocycles. The maximum absolute atomic E-state index is 9.86. The molecule has 0 aliphatic carbocycles. The molecule has 0 bridgehead atoms. The van der Waals surface area contributed by atoms with Crippen molar-refractivity contribution in [2.45, 2.75) is 20.0 Å². The SMILES string of the molecule is CCN(CC)c1ccc2c(c1)OC1C(=C2)c2nc3ccccc3n2C(=N)C1C#N. The van der Waals surface area contributed by atoms with Gasteiger partial charge in [0.05, 0.1) is 17.1 Å². The number of nitriles is 1. The van der Waals surface area contributed by atoms with Crippen LogP contribution in [-0.2, 0) is 0 Å². The first-order chi connectivity index (χ1) is 14.2. The van der Waals surface area contributed by atoms with Crippen LogP contribution in [0.2, 0.25) is 0 Å². The summed E-state index contributed by atoms with van der Waals surface area (Å²) in [6.07, 6.45) is 1.53. The molecule has 2 aromatic carbocycles. The molecule has 0 radical (unpaired) electrons. The lowest BCUT2D eigenvalue weighted by Gasteiger charge is -2.35. The number of aromatic nitrogens is 2. The lowest BCUT2D eigenvalue weighted by atomic mass is 9.88. The van der Waals surface area contributed by atoms with Crippen LogP contribution in [-0.4, -0.2) is 34.6 Å². The standard InChI is InChI=1S/C23H21N5O/c1-3-27(4-2)15-10-9-14-11-16-21(29-20(14)12-15)17(13-24)22(25)28-19-8-6-5-7-18(19)26-23(16)28/h5-12,17,21,25H,3-4H2,1-2H3. The predicted octanol–water partition coefficient (Wildman–Crippen LogP) is 4.16. The molecule has 2 aliphatic rings. The van der Waals surface area contributed by atoms with Gasteiger partial charge in [0.15, 0.2) is 6.10 Å². The Morgan fingerprint density at radius 2 is 2.00 bits per heavy atom. The molecule has 0 spiro atoms. The number of fused-ring (bicyclic) bond motifs is 6. The van der Waals surface area contributed by atoms with Gasteiger partial charge in [-0.1, -0.05) is 12.1 Å². The van der Waals surface area contributed by atoms with Gasteiger partial charge in [-0.3, -0.25) is 9.98 Å². The van der Waals surface area contributed by atoms with Crippen LogP contribution in [0.4, 0.5) is 5.69 Å². The van der Waals surface area contributed by atoms with Crippen LogP contribution in [0.15, 0.2) is 42.5 Å². The number of imidazole rings is 1. The molecule has 0 amide bonds. The summed E-state index contributed by atoms with van der Waals surface area (Å²) < 4.78 is 8.11. The molecular weight excluding hydrogens is 362 g/mol. The molecule has 144 valence electrons. The van der Waals surface area contributed by atoms with E-state index in [0.29, 0.717) is 5.82 Å². The molecule has 2 atom stereocenters. The van der Waals surface area contributed by atoms with Crippen molar-refractivity contribution in [2.24, 2.45) is 5.92 Å². The third-order valence-corrected chi connectivity index (χ3v) is 5.79. The van der Waals surface area contributed by atoms with E-state index in [0.717, 1.165) is 46.7 Å². The highest BCUT2D eigenvalue weighted by molar-refractivity contribution is 6.04. The first-order valence-electron chi connectivity index (χ1n) is 9.89. The highest BCUT2D eigenvalue weighted by atomic mass is 16.5. The normalized spacial score (nSPS) is 19.5. The van der Waals surface area contributed by atoms with Crippen molar-refractivity contribution < 1.29 is 4.74 Å². The second kappa shape index (κ2) is 6.49. The van der Waals surface area contributed by atoms with E-state index in [1.807, 2.05) is 30.3 Å². The van der Waals surface area contributed by atoms with E-state index < -0.39 is 12.0 Å². The summed E-state index contributed by atoms with van der Waals surface area (Å²) in [6, 6.07) is 16.2. The molecule has 0 fully saturated rings. The van der Waals surface area contributed by atoms with Gasteiger partial charge < -0.3 is 9.64 Å². The molecule has 3 aromatic rings. The van der Waals surface area contributed by atoms with Crippen LogP contribution in [0.5, 0.6) is 5.75 Å². The highest BCUT2D eigenvalue weighted by Crippen LogP contribution is 2.42. The summed E-state index contributed by atoms with van der Waals surface area (Å²) in [5, 5.41) is 18.6. The maximum Gasteiger partial charge on any atom is 0.150 e. The number of hydrogen-bond acceptors (Lipinski definition) is 5. The van der Waals surface area contributed by atoms with Crippen molar-refractivity contribution >= 4 is 34.2 Å². The third-order valence-electron chi connectivity index (χ3n) is 5.79. The van der Waals surface area contributed by atoms with E-state index in [1.54, 1.807) is 4.57 Å². The quantitative estimate of drug-likeness (QED) is 0.736. The van der Waals surface area contributed by atoms with Gasteiger partial charge in [0.1, 0.15) is 23.3 Å². The van der Waals surface area contributed by atoms with E-state index in [-0.39, 0.29) is 5.84 Å². The minimum atomic E-state index is -0.698. The Hall–Kier alpha value is -3.59. The Kier molecular flexibility index (Phi) is 3.92. The number of ether oxygens (including phenoxy) is 1. The number of hydrogen-bond donors (Lipinski definition) is 1. The van der Waals surface area contributed by atoms with Crippen molar-refractivity contribution in [3.8, 4) is 11.8 Å². The van der Waals surface area contributed by atoms with Gasteiger partial charge in [-0.2, -0.15) is 5.26 Å². The van der Waals surface area contributed by atoms with Crippen molar-refractivity contribution in [1.29, 1.82) is 10.7 Å². The summed E-state index contributed by atoms with van der Waals surface area (Å²) in [6.45, 7) is 6.07. The molecule has 3 heterocycles. The van der Waals surface area contributed by atoms with Gasteiger partial charge in [-0.05, 0) is 44.2 Å². The average molecular weight is 383 g/mol. The van der Waals surface area contributed by atoms with Crippen LogP contribution < -0.4 is 9.64 Å². The number of para-hydroxylation sites is 2. The molecule has 0 saturated heterocycles. The van der Waals surface area contributed by atoms with E-state index in [1.165, 1.54) is 0 Å². The van der Waals surface area contributed by atoms with Gasteiger partial charge in [0.2, 0.25) is 0 Å². The predicted molar refractivity (Wildman–Crippen MR) is 114 cm³/mol. The maximum atomic E-state index is 9.86. The van der Waals surface area contributed by atoms with Crippen LogP contribution in [0, 0.1) is 22.7 Å². The fraction of sp³-hybridized carbons (Fsp3) is 0.261. The number of benzene rings is 2. The zero-order chi connectivity index (χ0) is 20.1. The zero-order valence-corrected chi connectivity index (χ0v) is 16.4. The van der Waals surface area contributed by atoms with Gasteiger partial charge >= 0.3 is 0 Å². The van der Waals surface area contributed by atoms with Crippen molar-refractivity contribution in [2.75, 3.05) is 18.0 Å². The topological polar surface area (TPSA) is 77.9 Å². The lowest BCUT2D eigenvalue weighted by molar-refractivity contribution is 0.232. The van der Waals surface area contributed by atoms with Crippen molar-refractivity contribution in [3.05, 3.63) is 53.9 Å². The number of nitrogens with zero attached hydrogens (tertiary/aromatic N) is 4. The van der Waals surface area contributed by atoms with Crippen LogP contribution in [0.25, 0.3) is 22.7 Å². The molecule has 6 nitrogen and oxygen atoms in total. The van der Waals surface area contributed by atoms with E-state index in [4.69, 9.17) is 15.1 Å². The summed E-state index contributed by atoms with van der Waals surface area (Å²) in [7, 11) is 0. The van der Waals surface area contributed by atoms with Crippen LogP contribution in [0.3, 0.4) is 0 Å². The van der Waals surface area contributed by atoms with Crippen molar-refractivity contribution in [3.63, 3.8) is 0 Å². The fourth-order valence-electron chi connectivity index (χ4n) is 4.29. The summed E-state index contributed by atoms with van der Waals surface area (Å²) >= 11 is 0. The van der Waals surface area contributed by atoms with E-state index in [9.17, 15) is 5.26 Å². The average Bonchev–Trinajstić information content (AvgIpc) is 3.14. The second-order valence-corrected chi connectivity index (χ2v) is 7.28. The van der Waals surface area contributed by atoms with E-state index in [2.05, 4.69) is 43.0 Å². The lowest BCUT2D eigenvalue weighted by Crippen LogP contribution is -2.42. The molecule has 5 rings (SSSR count). The molecule has 2 unspecified atom stereocenters. The third kappa shape index (κ3) is 2.47. The Morgan fingerprint density at radius 3 is 2.76 bits per heavy atom. The molecule has 0 saturated carbocycles. The van der Waals surface area contributed by atoms with Crippen LogP contribution in [0.1, 0.15) is 25.2 Å². The first kappa shape index (κ1) is 17.5.